The summed E-state index contributed by atoms with van der Waals surface area (Å²) in [6, 6.07) is 4.53. The highest BCUT2D eigenvalue weighted by Gasteiger charge is 2.25. The van der Waals surface area contributed by atoms with Crippen molar-refractivity contribution in [2.24, 2.45) is 5.92 Å². The Kier molecular flexibility index (Phi) is 3.44. The lowest BCUT2D eigenvalue weighted by atomic mass is 10.1. The predicted molar refractivity (Wildman–Crippen MR) is 73.7 cm³/mol. The molecule has 0 saturated carbocycles. The van der Waals surface area contributed by atoms with Gasteiger partial charge in [-0.05, 0) is 30.2 Å². The number of rotatable bonds is 3. The Morgan fingerprint density at radius 3 is 3.10 bits per heavy atom. The van der Waals surface area contributed by atoms with E-state index in [-0.39, 0.29) is 30.7 Å². The molecule has 0 spiro atoms. The first-order valence-corrected chi connectivity index (χ1v) is 6.81. The highest BCUT2D eigenvalue weighted by molar-refractivity contribution is 5.89. The van der Waals surface area contributed by atoms with Crippen LogP contribution >= 0.6 is 0 Å². The summed E-state index contributed by atoms with van der Waals surface area (Å²) in [6.07, 6.45) is 2.88. The van der Waals surface area contributed by atoms with Crippen LogP contribution in [0.25, 0.3) is 10.9 Å². The molecule has 1 aromatic heterocycles. The Labute approximate surface area is 116 Å². The number of likely N-dealkylation sites (tertiary alicyclic amines) is 1. The third-order valence-corrected chi connectivity index (χ3v) is 3.97. The molecule has 1 saturated heterocycles. The largest absolute Gasteiger partial charge is 0.396 e. The number of carbonyl (C=O) groups is 1. The van der Waals surface area contributed by atoms with Gasteiger partial charge in [-0.3, -0.25) is 4.79 Å². The van der Waals surface area contributed by atoms with E-state index in [2.05, 4.69) is 4.98 Å². The van der Waals surface area contributed by atoms with E-state index in [4.69, 9.17) is 5.11 Å². The van der Waals surface area contributed by atoms with Gasteiger partial charge in [0.25, 0.3) is 0 Å². The second-order valence-electron chi connectivity index (χ2n) is 5.36. The van der Waals surface area contributed by atoms with E-state index in [1.807, 2.05) is 0 Å². The van der Waals surface area contributed by atoms with Crippen LogP contribution < -0.4 is 0 Å². The Bertz CT molecular complexity index is 638. The molecule has 4 nitrogen and oxygen atoms in total. The molecule has 1 aliphatic rings. The fraction of sp³-hybridized carbons (Fsp3) is 0.400. The van der Waals surface area contributed by atoms with E-state index < -0.39 is 0 Å². The van der Waals surface area contributed by atoms with Crippen molar-refractivity contribution in [3.63, 3.8) is 0 Å². The van der Waals surface area contributed by atoms with Gasteiger partial charge >= 0.3 is 0 Å². The summed E-state index contributed by atoms with van der Waals surface area (Å²) in [4.78, 5) is 17.1. The summed E-state index contributed by atoms with van der Waals surface area (Å²) < 4.78 is 13.3. The number of nitrogens with one attached hydrogen (secondary N) is 1. The maximum absolute atomic E-state index is 13.3. The van der Waals surface area contributed by atoms with E-state index in [9.17, 15) is 9.18 Å². The molecule has 1 unspecified atom stereocenters. The number of aromatic amines is 1. The first-order valence-electron chi connectivity index (χ1n) is 6.81. The Balaban J connectivity index is 1.76. The van der Waals surface area contributed by atoms with Crippen LogP contribution in [0.3, 0.4) is 0 Å². The lowest BCUT2D eigenvalue weighted by Crippen LogP contribution is -2.30. The summed E-state index contributed by atoms with van der Waals surface area (Å²) in [6.45, 7) is 1.44. The van der Waals surface area contributed by atoms with Gasteiger partial charge in [0, 0.05) is 42.7 Å². The van der Waals surface area contributed by atoms with Crippen LogP contribution in [0.4, 0.5) is 4.39 Å². The highest BCUT2D eigenvalue weighted by atomic mass is 19.1. The number of nitrogens with zero attached hydrogens (tertiary/aromatic N) is 1. The number of carbonyl (C=O) groups excluding carboxylic acids is 1. The van der Waals surface area contributed by atoms with Crippen molar-refractivity contribution in [3.05, 3.63) is 35.8 Å². The maximum atomic E-state index is 13.3. The molecule has 1 atom stereocenters. The number of aliphatic hydroxyl groups excluding tert-OH is 1. The molecule has 1 fully saturated rings. The predicted octanol–water partition coefficient (Wildman–Crippen LogP) is 1.69. The van der Waals surface area contributed by atoms with E-state index in [1.165, 1.54) is 12.1 Å². The molecule has 1 aliphatic heterocycles. The minimum Gasteiger partial charge on any atom is -0.396 e. The standard InChI is InChI=1S/C15H17FN2O2/c16-12-1-2-14-13(6-12)11(7-17-14)5-15(20)18-4-3-10(8-18)9-19/h1-2,6-7,10,17,19H,3-5,8-9H2. The van der Waals surface area contributed by atoms with Crippen LogP contribution in [0, 0.1) is 11.7 Å². The molecule has 1 aromatic carbocycles. The van der Waals surface area contributed by atoms with Gasteiger partial charge in [-0.2, -0.15) is 0 Å². The number of fused-ring (bicyclic) bond motifs is 1. The van der Waals surface area contributed by atoms with Crippen molar-refractivity contribution in [2.75, 3.05) is 19.7 Å². The summed E-state index contributed by atoms with van der Waals surface area (Å²) in [5.74, 6) is -0.0715. The summed E-state index contributed by atoms with van der Waals surface area (Å²) in [5.41, 5.74) is 1.65. The van der Waals surface area contributed by atoms with E-state index >= 15 is 0 Å². The van der Waals surface area contributed by atoms with Crippen LogP contribution in [-0.4, -0.2) is 40.6 Å². The van der Waals surface area contributed by atoms with Crippen LogP contribution in [0.5, 0.6) is 0 Å². The van der Waals surface area contributed by atoms with Crippen LogP contribution in [0.15, 0.2) is 24.4 Å². The molecular weight excluding hydrogens is 259 g/mol. The molecule has 3 rings (SSSR count). The van der Waals surface area contributed by atoms with Crippen LogP contribution in [0.1, 0.15) is 12.0 Å². The first-order chi connectivity index (χ1) is 9.67. The third kappa shape index (κ3) is 2.41. The van der Waals surface area contributed by atoms with Gasteiger partial charge in [0.1, 0.15) is 5.82 Å². The zero-order valence-electron chi connectivity index (χ0n) is 11.1. The first kappa shape index (κ1) is 13.1. The normalized spacial score (nSPS) is 18.9. The number of amides is 1. The van der Waals surface area contributed by atoms with E-state index in [0.29, 0.717) is 13.1 Å². The highest BCUT2D eigenvalue weighted by Crippen LogP contribution is 2.22. The second-order valence-corrected chi connectivity index (χ2v) is 5.36. The second kappa shape index (κ2) is 5.25. The zero-order valence-corrected chi connectivity index (χ0v) is 11.1. The van der Waals surface area contributed by atoms with Gasteiger partial charge in [-0.1, -0.05) is 0 Å². The minimum absolute atomic E-state index is 0.0334. The lowest BCUT2D eigenvalue weighted by Gasteiger charge is -2.15. The van der Waals surface area contributed by atoms with Crippen LogP contribution in [-0.2, 0) is 11.2 Å². The SMILES string of the molecule is O=C(Cc1c[nH]c2ccc(F)cc12)N1CCC(CO)C1. The van der Waals surface area contributed by atoms with E-state index in [0.717, 1.165) is 22.9 Å². The smallest absolute Gasteiger partial charge is 0.227 e. The van der Waals surface area contributed by atoms with Gasteiger partial charge < -0.3 is 15.0 Å². The van der Waals surface area contributed by atoms with Gasteiger partial charge in [-0.15, -0.1) is 0 Å². The molecule has 106 valence electrons. The minimum atomic E-state index is -0.299. The molecule has 0 aliphatic carbocycles. The molecule has 5 heteroatoms. The number of hydrogen-bond acceptors (Lipinski definition) is 2. The zero-order chi connectivity index (χ0) is 14.1. The Morgan fingerprint density at radius 2 is 2.35 bits per heavy atom. The number of aromatic nitrogens is 1. The van der Waals surface area contributed by atoms with Gasteiger partial charge in [0.2, 0.25) is 5.91 Å². The van der Waals surface area contributed by atoms with Crippen molar-refractivity contribution >= 4 is 16.8 Å². The van der Waals surface area contributed by atoms with Gasteiger partial charge in [0.15, 0.2) is 0 Å². The average molecular weight is 276 g/mol. The molecular formula is C15H17FN2O2. The van der Waals surface area contributed by atoms with Crippen molar-refractivity contribution in [1.82, 2.24) is 9.88 Å². The molecule has 0 bridgehead atoms. The number of benzene rings is 1. The van der Waals surface area contributed by atoms with Crippen molar-refractivity contribution in [3.8, 4) is 0 Å². The molecule has 2 heterocycles. The number of halogens is 1. The van der Waals surface area contributed by atoms with Crippen molar-refractivity contribution in [2.45, 2.75) is 12.8 Å². The maximum Gasteiger partial charge on any atom is 0.227 e. The molecule has 20 heavy (non-hydrogen) atoms. The molecule has 2 N–H and O–H groups in total. The van der Waals surface area contributed by atoms with Crippen LogP contribution in [0.2, 0.25) is 0 Å². The summed E-state index contributed by atoms with van der Waals surface area (Å²) >= 11 is 0. The van der Waals surface area contributed by atoms with Gasteiger partial charge in [-0.25, -0.2) is 4.39 Å². The number of H-pyrrole nitrogens is 1. The molecule has 0 radical (unpaired) electrons. The third-order valence-electron chi connectivity index (χ3n) is 3.97. The summed E-state index contributed by atoms with van der Waals surface area (Å²) in [7, 11) is 0. The summed E-state index contributed by atoms with van der Waals surface area (Å²) in [5, 5.41) is 9.87. The monoisotopic (exact) mass is 276 g/mol. The lowest BCUT2D eigenvalue weighted by molar-refractivity contribution is -0.129. The molecule has 1 amide bonds. The fourth-order valence-corrected chi connectivity index (χ4v) is 2.78. The molecule has 2 aromatic rings. The average Bonchev–Trinajstić information content (AvgIpc) is 3.06. The van der Waals surface area contributed by atoms with Gasteiger partial charge in [0.05, 0.1) is 6.42 Å². The Morgan fingerprint density at radius 1 is 1.50 bits per heavy atom. The van der Waals surface area contributed by atoms with Crippen molar-refractivity contribution in [1.29, 1.82) is 0 Å². The Hall–Kier alpha value is -1.88. The van der Waals surface area contributed by atoms with Crippen molar-refractivity contribution < 1.29 is 14.3 Å². The fourth-order valence-electron chi connectivity index (χ4n) is 2.78. The quantitative estimate of drug-likeness (QED) is 0.896. The number of aliphatic hydroxyl groups is 1. The number of hydrogen-bond donors (Lipinski definition) is 2. The topological polar surface area (TPSA) is 56.3 Å². The van der Waals surface area contributed by atoms with E-state index in [1.54, 1.807) is 17.2 Å².